The van der Waals surface area contributed by atoms with E-state index in [0.29, 0.717) is 0 Å². The first-order valence-electron chi connectivity index (χ1n) is 5.17. The summed E-state index contributed by atoms with van der Waals surface area (Å²) in [4.78, 5) is 1.38. The van der Waals surface area contributed by atoms with Gasteiger partial charge in [-0.15, -0.1) is 24.9 Å². The fourth-order valence-corrected chi connectivity index (χ4v) is 2.45. The van der Waals surface area contributed by atoms with Crippen LogP contribution < -0.4 is 0 Å². The molecule has 2 rings (SSSR count). The van der Waals surface area contributed by atoms with Crippen LogP contribution in [0.1, 0.15) is 24.3 Å². The van der Waals surface area contributed by atoms with Gasteiger partial charge in [-0.05, 0) is 29.9 Å². The summed E-state index contributed by atoms with van der Waals surface area (Å²) in [5.41, 5.74) is 1.51. The van der Waals surface area contributed by atoms with E-state index in [4.69, 9.17) is 0 Å². The van der Waals surface area contributed by atoms with E-state index in [2.05, 4.69) is 35.8 Å². The molecule has 0 atom stereocenters. The number of benzene rings is 1. The van der Waals surface area contributed by atoms with E-state index >= 15 is 0 Å². The number of hydrogen-bond donors (Lipinski definition) is 0. The number of thioether (sulfide) groups is 1. The predicted octanol–water partition coefficient (Wildman–Crippen LogP) is 3.66. The van der Waals surface area contributed by atoms with E-state index in [9.17, 15) is 0 Å². The van der Waals surface area contributed by atoms with Crippen LogP contribution in [0.4, 0.5) is 0 Å². The fraction of sp³-hybridized carbons (Fsp3) is 0.500. The van der Waals surface area contributed by atoms with Gasteiger partial charge < -0.3 is 5.32 Å². The summed E-state index contributed by atoms with van der Waals surface area (Å²) in [6, 6.07) is 8.95. The molecule has 0 spiro atoms. The summed E-state index contributed by atoms with van der Waals surface area (Å²) >= 11 is 1.82. The second-order valence-electron chi connectivity index (χ2n) is 3.72. The Morgan fingerprint density at radius 1 is 1.27 bits per heavy atom. The van der Waals surface area contributed by atoms with Crippen molar-refractivity contribution in [3.8, 4) is 0 Å². The van der Waals surface area contributed by atoms with E-state index in [0.717, 1.165) is 19.0 Å². The minimum Gasteiger partial charge on any atom is -0.662 e. The van der Waals surface area contributed by atoms with Crippen molar-refractivity contribution in [2.75, 3.05) is 19.3 Å². The third-order valence-electron chi connectivity index (χ3n) is 2.84. The van der Waals surface area contributed by atoms with Crippen LogP contribution in [0.2, 0.25) is 0 Å². The summed E-state index contributed by atoms with van der Waals surface area (Å²) in [6.45, 7) is 2.10. The van der Waals surface area contributed by atoms with Crippen LogP contribution in [0.15, 0.2) is 29.2 Å². The van der Waals surface area contributed by atoms with Gasteiger partial charge in [0.2, 0.25) is 0 Å². The maximum absolute atomic E-state index is 4.39. The smallest absolute Gasteiger partial charge is 0.00719 e. The van der Waals surface area contributed by atoms with Crippen molar-refractivity contribution >= 4 is 11.8 Å². The van der Waals surface area contributed by atoms with E-state index in [1.54, 1.807) is 0 Å². The van der Waals surface area contributed by atoms with Gasteiger partial charge >= 0.3 is 0 Å². The molecule has 1 fully saturated rings. The quantitative estimate of drug-likeness (QED) is 0.745. The molecule has 79 valence electrons. The van der Waals surface area contributed by atoms with E-state index in [1.165, 1.54) is 23.3 Å². The first-order chi connectivity index (χ1) is 6.90. The molecule has 1 heterocycles. The molecule has 0 N–H and O–H groups in total. The van der Waals surface area contributed by atoms with Gasteiger partial charge in [0, 0.05) is 46.2 Å². The van der Waals surface area contributed by atoms with Crippen LogP contribution in [-0.2, 0) is 0 Å². The van der Waals surface area contributed by atoms with Crippen molar-refractivity contribution in [3.05, 3.63) is 35.1 Å². The molecule has 1 nitrogen and oxygen atoms in total. The van der Waals surface area contributed by atoms with Crippen LogP contribution in [0.5, 0.6) is 0 Å². The Bertz CT molecular complexity index is 297. The Kier molecular flexibility index (Phi) is 6.76. The van der Waals surface area contributed by atoms with Gasteiger partial charge in [-0.25, -0.2) is 0 Å². The first-order valence-corrected chi connectivity index (χ1v) is 6.40. The van der Waals surface area contributed by atoms with Crippen LogP contribution in [0.25, 0.3) is 5.32 Å². The Balaban J connectivity index is 0.00000112. The second-order valence-corrected chi connectivity index (χ2v) is 4.60. The van der Waals surface area contributed by atoms with Crippen molar-refractivity contribution in [3.63, 3.8) is 0 Å². The number of hydrogen-bond acceptors (Lipinski definition) is 1. The molecule has 3 heteroatoms. The third-order valence-corrected chi connectivity index (χ3v) is 3.56. The Morgan fingerprint density at radius 3 is 2.67 bits per heavy atom. The third kappa shape index (κ3) is 4.00. The number of nitrogens with zero attached hydrogens (tertiary/aromatic N) is 1. The molecule has 0 aromatic heterocycles. The van der Waals surface area contributed by atoms with E-state index < -0.39 is 0 Å². The molecule has 0 aliphatic carbocycles. The zero-order valence-electron chi connectivity index (χ0n) is 9.15. The minimum atomic E-state index is 0. The number of rotatable bonds is 2. The summed E-state index contributed by atoms with van der Waals surface area (Å²) in [5.74, 6) is 0.750. The Hall–Kier alpha value is 0.894. The van der Waals surface area contributed by atoms with Crippen molar-refractivity contribution in [1.29, 1.82) is 0 Å². The van der Waals surface area contributed by atoms with Gasteiger partial charge in [0.25, 0.3) is 0 Å². The predicted molar refractivity (Wildman–Crippen MR) is 63.3 cm³/mol. The fourth-order valence-electron chi connectivity index (χ4n) is 1.98. The van der Waals surface area contributed by atoms with Crippen molar-refractivity contribution < 1.29 is 41.3 Å². The summed E-state index contributed by atoms with van der Waals surface area (Å²) < 4.78 is 0. The molecule has 0 saturated carbocycles. The molecular formula is C12H16NPrS-. The summed E-state index contributed by atoms with van der Waals surface area (Å²) in [6.07, 6.45) is 4.60. The average molecular weight is 347 g/mol. The Morgan fingerprint density at radius 2 is 2.00 bits per heavy atom. The molecule has 1 saturated heterocycles. The van der Waals surface area contributed by atoms with Crippen LogP contribution in [0, 0.1) is 41.3 Å². The zero-order valence-corrected chi connectivity index (χ0v) is 13.7. The van der Waals surface area contributed by atoms with Crippen molar-refractivity contribution in [2.24, 2.45) is 0 Å². The van der Waals surface area contributed by atoms with Crippen molar-refractivity contribution in [1.82, 2.24) is 0 Å². The summed E-state index contributed by atoms with van der Waals surface area (Å²) in [7, 11) is 0. The molecule has 1 aliphatic heterocycles. The molecule has 1 radical (unpaired) electrons. The molecule has 0 unspecified atom stereocenters. The molecule has 15 heavy (non-hydrogen) atoms. The molecule has 1 aromatic carbocycles. The summed E-state index contributed by atoms with van der Waals surface area (Å²) in [5, 5.41) is 4.39. The molecule has 0 bridgehead atoms. The standard InChI is InChI=1S/C12H16NS.Pr/c1-14-12-4-2-3-11(9-12)10-5-7-13-8-6-10;/h2-4,9-10H,5-8H2,1H3;/q-1;. The molecule has 1 aromatic rings. The normalized spacial score (nSPS) is 17.1. The van der Waals surface area contributed by atoms with E-state index in [-0.39, 0.29) is 41.3 Å². The monoisotopic (exact) mass is 347 g/mol. The minimum absolute atomic E-state index is 0. The topological polar surface area (TPSA) is 14.1 Å². The molecular weight excluding hydrogens is 331 g/mol. The van der Waals surface area contributed by atoms with Crippen LogP contribution in [-0.4, -0.2) is 19.3 Å². The Labute approximate surface area is 130 Å². The largest absolute Gasteiger partial charge is 0.662 e. The second kappa shape index (κ2) is 7.26. The first kappa shape index (κ1) is 14.0. The van der Waals surface area contributed by atoms with Gasteiger partial charge in [-0.1, -0.05) is 25.0 Å². The van der Waals surface area contributed by atoms with Gasteiger partial charge in [0.15, 0.2) is 0 Å². The SMILES string of the molecule is CSc1cccc(C2CC[N-]CC2)c1.[Pr]. The zero-order chi connectivity index (χ0) is 9.80. The number of piperidine rings is 1. The molecule has 1 aliphatic rings. The van der Waals surface area contributed by atoms with Crippen LogP contribution in [0.3, 0.4) is 0 Å². The van der Waals surface area contributed by atoms with Crippen molar-refractivity contribution in [2.45, 2.75) is 23.7 Å². The van der Waals surface area contributed by atoms with Gasteiger partial charge in [0.1, 0.15) is 0 Å². The average Bonchev–Trinajstić information content (AvgIpc) is 2.30. The van der Waals surface area contributed by atoms with Gasteiger partial charge in [-0.3, -0.25) is 0 Å². The maximum atomic E-state index is 4.39. The maximum Gasteiger partial charge on any atom is 0.00719 e. The van der Waals surface area contributed by atoms with Gasteiger partial charge in [-0.2, -0.15) is 0 Å². The molecule has 0 amide bonds. The van der Waals surface area contributed by atoms with E-state index in [1.807, 2.05) is 11.8 Å². The van der Waals surface area contributed by atoms with Gasteiger partial charge in [0.05, 0.1) is 0 Å². The van der Waals surface area contributed by atoms with Crippen LogP contribution >= 0.6 is 11.8 Å².